The average molecular weight is 387 g/mol. The smallest absolute Gasteiger partial charge is 0.207 e. The van der Waals surface area contributed by atoms with Crippen LogP contribution in [0.5, 0.6) is 0 Å². The minimum absolute atomic E-state index is 0.0608. The van der Waals surface area contributed by atoms with Gasteiger partial charge in [0, 0.05) is 22.3 Å². The highest BCUT2D eigenvalue weighted by Crippen LogP contribution is 2.18. The molecular formula is C15H22Cl3NO2S. The standard InChI is InChI=1S/C15H22Cl3NO2S/c1-2-3-4-12(17)5-8-14(11-16)19-22(20,21)15-9-6-13(18)7-10-15/h6-7,9-10,12,14,19H,2-5,8,11H2,1H3. The minimum Gasteiger partial charge on any atom is -0.207 e. The van der Waals surface area contributed by atoms with Gasteiger partial charge in [-0.3, -0.25) is 0 Å². The second-order valence-electron chi connectivity index (χ2n) is 5.24. The Morgan fingerprint density at radius 2 is 1.77 bits per heavy atom. The van der Waals surface area contributed by atoms with Crippen LogP contribution in [-0.2, 0) is 10.0 Å². The maximum atomic E-state index is 12.3. The normalized spacial score (nSPS) is 14.7. The average Bonchev–Trinajstić information content (AvgIpc) is 2.49. The molecular weight excluding hydrogens is 365 g/mol. The van der Waals surface area contributed by atoms with Crippen LogP contribution in [0.1, 0.15) is 39.0 Å². The van der Waals surface area contributed by atoms with Gasteiger partial charge in [0.25, 0.3) is 0 Å². The van der Waals surface area contributed by atoms with Crippen LogP contribution in [0.15, 0.2) is 29.2 Å². The summed E-state index contributed by atoms with van der Waals surface area (Å²) >= 11 is 17.9. The van der Waals surface area contributed by atoms with Crippen molar-refractivity contribution < 1.29 is 8.42 Å². The summed E-state index contributed by atoms with van der Waals surface area (Å²) < 4.78 is 27.2. The largest absolute Gasteiger partial charge is 0.240 e. The molecule has 0 saturated carbocycles. The first-order valence-electron chi connectivity index (χ1n) is 7.37. The first kappa shape index (κ1) is 20.0. The lowest BCUT2D eigenvalue weighted by Gasteiger charge is -2.18. The Hall–Kier alpha value is -0.000000000000000111. The molecule has 126 valence electrons. The molecule has 7 heteroatoms. The van der Waals surface area contributed by atoms with E-state index in [9.17, 15) is 8.42 Å². The molecule has 1 aromatic carbocycles. The molecule has 1 N–H and O–H groups in total. The van der Waals surface area contributed by atoms with Gasteiger partial charge in [-0.1, -0.05) is 31.4 Å². The van der Waals surface area contributed by atoms with Gasteiger partial charge < -0.3 is 0 Å². The van der Waals surface area contributed by atoms with Gasteiger partial charge in [0.1, 0.15) is 0 Å². The second kappa shape index (κ2) is 9.99. The summed E-state index contributed by atoms with van der Waals surface area (Å²) in [4.78, 5) is 0.181. The molecule has 2 unspecified atom stereocenters. The van der Waals surface area contributed by atoms with Crippen molar-refractivity contribution in [3.05, 3.63) is 29.3 Å². The van der Waals surface area contributed by atoms with E-state index in [0.29, 0.717) is 11.4 Å². The molecule has 0 amide bonds. The number of halogens is 3. The molecule has 1 aromatic rings. The Morgan fingerprint density at radius 1 is 1.14 bits per heavy atom. The summed E-state index contributed by atoms with van der Waals surface area (Å²) in [5.74, 6) is 0.213. The molecule has 0 radical (unpaired) electrons. The first-order valence-corrected chi connectivity index (χ1v) is 10.2. The van der Waals surface area contributed by atoms with Crippen molar-refractivity contribution in [2.24, 2.45) is 0 Å². The van der Waals surface area contributed by atoms with E-state index in [2.05, 4.69) is 11.6 Å². The van der Waals surface area contributed by atoms with Gasteiger partial charge in [0.2, 0.25) is 10.0 Å². The van der Waals surface area contributed by atoms with Crippen molar-refractivity contribution in [3.8, 4) is 0 Å². The zero-order valence-electron chi connectivity index (χ0n) is 12.6. The first-order chi connectivity index (χ1) is 10.4. The lowest BCUT2D eigenvalue weighted by molar-refractivity contribution is 0.523. The molecule has 1 rings (SSSR count). The summed E-state index contributed by atoms with van der Waals surface area (Å²) in [7, 11) is -3.59. The monoisotopic (exact) mass is 385 g/mol. The lowest BCUT2D eigenvalue weighted by atomic mass is 10.1. The van der Waals surface area contributed by atoms with Crippen LogP contribution in [-0.4, -0.2) is 25.7 Å². The van der Waals surface area contributed by atoms with Gasteiger partial charge in [-0.25, -0.2) is 13.1 Å². The van der Waals surface area contributed by atoms with Gasteiger partial charge in [0.05, 0.1) is 4.90 Å². The lowest BCUT2D eigenvalue weighted by Crippen LogP contribution is -2.36. The molecule has 22 heavy (non-hydrogen) atoms. The molecule has 0 fully saturated rings. The zero-order chi connectivity index (χ0) is 16.6. The van der Waals surface area contributed by atoms with Crippen molar-refractivity contribution in [2.75, 3.05) is 5.88 Å². The molecule has 0 spiro atoms. The molecule has 0 saturated heterocycles. The van der Waals surface area contributed by atoms with Gasteiger partial charge in [0.15, 0.2) is 0 Å². The van der Waals surface area contributed by atoms with Crippen LogP contribution in [0.3, 0.4) is 0 Å². The fraction of sp³-hybridized carbons (Fsp3) is 0.600. The van der Waals surface area contributed by atoms with E-state index in [4.69, 9.17) is 34.8 Å². The molecule has 3 nitrogen and oxygen atoms in total. The number of sulfonamides is 1. The van der Waals surface area contributed by atoms with Crippen LogP contribution in [0.25, 0.3) is 0 Å². The molecule has 0 aliphatic rings. The van der Waals surface area contributed by atoms with Gasteiger partial charge in [-0.15, -0.1) is 23.2 Å². The highest BCUT2D eigenvalue weighted by Gasteiger charge is 2.20. The van der Waals surface area contributed by atoms with Gasteiger partial charge >= 0.3 is 0 Å². The Bertz CT molecular complexity index is 534. The van der Waals surface area contributed by atoms with E-state index in [1.54, 1.807) is 12.1 Å². The SMILES string of the molecule is CCCCC(Cl)CCC(CCl)NS(=O)(=O)c1ccc(Cl)cc1. The van der Waals surface area contributed by atoms with E-state index >= 15 is 0 Å². The third-order valence-corrected chi connectivity index (χ3v) is 5.93. The highest BCUT2D eigenvalue weighted by atomic mass is 35.5. The maximum absolute atomic E-state index is 12.3. The number of rotatable bonds is 10. The van der Waals surface area contributed by atoms with Crippen molar-refractivity contribution in [1.29, 1.82) is 0 Å². The summed E-state index contributed by atoms with van der Waals surface area (Å²) in [5, 5.41) is 0.555. The van der Waals surface area contributed by atoms with E-state index in [-0.39, 0.29) is 22.2 Å². The minimum atomic E-state index is -3.59. The number of unbranched alkanes of at least 4 members (excludes halogenated alkanes) is 1. The second-order valence-corrected chi connectivity index (χ2v) is 8.32. The fourth-order valence-electron chi connectivity index (χ4n) is 2.02. The highest BCUT2D eigenvalue weighted by molar-refractivity contribution is 7.89. The summed E-state index contributed by atoms with van der Waals surface area (Å²) in [6.45, 7) is 2.12. The van der Waals surface area contributed by atoms with Crippen molar-refractivity contribution >= 4 is 44.8 Å². The summed E-state index contributed by atoms with van der Waals surface area (Å²) in [5.41, 5.74) is 0. The van der Waals surface area contributed by atoms with Crippen molar-refractivity contribution in [2.45, 2.75) is 55.3 Å². The van der Waals surface area contributed by atoms with Crippen LogP contribution in [0.2, 0.25) is 5.02 Å². The third kappa shape index (κ3) is 7.05. The van der Waals surface area contributed by atoms with Gasteiger partial charge in [-0.05, 0) is 43.5 Å². The molecule has 0 heterocycles. The predicted octanol–water partition coefficient (Wildman–Crippen LogP) is 4.80. The predicted molar refractivity (Wildman–Crippen MR) is 94.7 cm³/mol. The van der Waals surface area contributed by atoms with Crippen LogP contribution < -0.4 is 4.72 Å². The molecule has 0 aliphatic carbocycles. The van der Waals surface area contributed by atoms with E-state index < -0.39 is 10.0 Å². The zero-order valence-corrected chi connectivity index (χ0v) is 15.6. The third-order valence-electron chi connectivity index (χ3n) is 3.33. The van der Waals surface area contributed by atoms with Crippen LogP contribution in [0.4, 0.5) is 0 Å². The fourth-order valence-corrected chi connectivity index (χ4v) is 4.02. The van der Waals surface area contributed by atoms with E-state index in [1.165, 1.54) is 12.1 Å². The van der Waals surface area contributed by atoms with Crippen molar-refractivity contribution in [3.63, 3.8) is 0 Å². The number of benzene rings is 1. The van der Waals surface area contributed by atoms with Gasteiger partial charge in [-0.2, -0.15) is 0 Å². The summed E-state index contributed by atoms with van der Waals surface area (Å²) in [6, 6.07) is 5.71. The number of alkyl halides is 2. The topological polar surface area (TPSA) is 46.2 Å². The number of nitrogens with one attached hydrogen (secondary N) is 1. The Morgan fingerprint density at radius 3 is 2.32 bits per heavy atom. The molecule has 2 atom stereocenters. The summed E-state index contributed by atoms with van der Waals surface area (Å²) in [6.07, 6.45) is 4.48. The van der Waals surface area contributed by atoms with Crippen LogP contribution >= 0.6 is 34.8 Å². The van der Waals surface area contributed by atoms with E-state index in [0.717, 1.165) is 25.7 Å². The quantitative estimate of drug-likeness (QED) is 0.587. The Kier molecular flexibility index (Phi) is 9.10. The Balaban J connectivity index is 2.59. The Labute approximate surface area is 148 Å². The van der Waals surface area contributed by atoms with E-state index in [1.807, 2.05) is 0 Å². The molecule has 0 aromatic heterocycles. The molecule has 0 aliphatic heterocycles. The number of hydrogen-bond donors (Lipinski definition) is 1. The molecule has 0 bridgehead atoms. The van der Waals surface area contributed by atoms with Crippen molar-refractivity contribution in [1.82, 2.24) is 4.72 Å². The maximum Gasteiger partial charge on any atom is 0.240 e. The number of hydrogen-bond acceptors (Lipinski definition) is 2. The van der Waals surface area contributed by atoms with Crippen LogP contribution in [0, 0.1) is 0 Å².